The lowest BCUT2D eigenvalue weighted by atomic mass is 10.3. The predicted octanol–water partition coefficient (Wildman–Crippen LogP) is 2.75. The summed E-state index contributed by atoms with van der Waals surface area (Å²) in [7, 11) is -3.50. The van der Waals surface area contributed by atoms with E-state index in [0.29, 0.717) is 0 Å². The van der Waals surface area contributed by atoms with Gasteiger partial charge in [-0.1, -0.05) is 6.92 Å². The van der Waals surface area contributed by atoms with Crippen molar-refractivity contribution in [2.75, 3.05) is 11.9 Å². The summed E-state index contributed by atoms with van der Waals surface area (Å²) < 4.78 is 26.9. The van der Waals surface area contributed by atoms with Crippen LogP contribution in [0, 0.1) is 6.92 Å². The van der Waals surface area contributed by atoms with Gasteiger partial charge in [-0.2, -0.15) is 0 Å². The van der Waals surface area contributed by atoms with E-state index in [-0.39, 0.29) is 11.4 Å². The molecular weight excluding hydrogens is 306 g/mol. The molecule has 1 heterocycles. The van der Waals surface area contributed by atoms with E-state index < -0.39 is 10.0 Å². The third kappa shape index (κ3) is 4.52. The van der Waals surface area contributed by atoms with Crippen LogP contribution >= 0.6 is 11.3 Å². The highest BCUT2D eigenvalue weighted by molar-refractivity contribution is 7.89. The van der Waals surface area contributed by atoms with Crippen LogP contribution in [0.3, 0.4) is 0 Å². The number of anilines is 1. The van der Waals surface area contributed by atoms with Gasteiger partial charge in [0.1, 0.15) is 5.01 Å². The molecule has 1 aromatic heterocycles. The molecule has 114 valence electrons. The first-order chi connectivity index (χ1) is 10.0. The van der Waals surface area contributed by atoms with Crippen molar-refractivity contribution in [3.05, 3.63) is 40.3 Å². The monoisotopic (exact) mass is 325 g/mol. The second kappa shape index (κ2) is 7.02. The molecule has 2 rings (SSSR count). The molecule has 21 heavy (non-hydrogen) atoms. The molecule has 0 aliphatic rings. The highest BCUT2D eigenvalue weighted by atomic mass is 32.2. The minimum Gasteiger partial charge on any atom is -0.385 e. The Morgan fingerprint density at radius 1 is 1.24 bits per heavy atom. The van der Waals surface area contributed by atoms with Gasteiger partial charge in [0.05, 0.1) is 11.4 Å². The topological polar surface area (TPSA) is 71.1 Å². The van der Waals surface area contributed by atoms with E-state index in [4.69, 9.17) is 0 Å². The second-order valence-corrected chi connectivity index (χ2v) is 7.37. The average molecular weight is 325 g/mol. The van der Waals surface area contributed by atoms with Crippen LogP contribution in [-0.2, 0) is 16.6 Å². The molecule has 0 unspecified atom stereocenters. The average Bonchev–Trinajstić information content (AvgIpc) is 2.89. The van der Waals surface area contributed by atoms with Crippen molar-refractivity contribution in [3.8, 4) is 0 Å². The lowest BCUT2D eigenvalue weighted by Gasteiger charge is -2.08. The number of thiazole rings is 1. The Morgan fingerprint density at radius 3 is 2.52 bits per heavy atom. The van der Waals surface area contributed by atoms with Gasteiger partial charge in [-0.3, -0.25) is 0 Å². The molecule has 0 saturated heterocycles. The first-order valence-electron chi connectivity index (χ1n) is 6.76. The summed E-state index contributed by atoms with van der Waals surface area (Å²) in [6.45, 7) is 5.05. The van der Waals surface area contributed by atoms with Crippen LogP contribution in [0.15, 0.2) is 34.5 Å². The van der Waals surface area contributed by atoms with E-state index in [2.05, 4.69) is 21.9 Å². The summed E-state index contributed by atoms with van der Waals surface area (Å²) in [5.74, 6) is 0. The number of hydrogen-bond acceptors (Lipinski definition) is 5. The predicted molar refractivity (Wildman–Crippen MR) is 86.1 cm³/mol. The highest BCUT2D eigenvalue weighted by Crippen LogP contribution is 2.15. The number of hydrogen-bond donors (Lipinski definition) is 2. The van der Waals surface area contributed by atoms with Gasteiger partial charge >= 0.3 is 0 Å². The molecule has 7 heteroatoms. The van der Waals surface area contributed by atoms with Crippen LogP contribution in [0.2, 0.25) is 0 Å². The number of nitrogens with one attached hydrogen (secondary N) is 2. The zero-order chi connectivity index (χ0) is 15.3. The fourth-order valence-corrected chi connectivity index (χ4v) is 3.54. The van der Waals surface area contributed by atoms with Crippen LogP contribution in [0.25, 0.3) is 0 Å². The summed E-state index contributed by atoms with van der Waals surface area (Å²) in [6, 6.07) is 6.76. The summed E-state index contributed by atoms with van der Waals surface area (Å²) in [4.78, 5) is 4.50. The molecule has 0 saturated carbocycles. The molecule has 5 nitrogen and oxygen atoms in total. The van der Waals surface area contributed by atoms with Crippen LogP contribution < -0.4 is 10.0 Å². The molecule has 2 aromatic rings. The summed E-state index contributed by atoms with van der Waals surface area (Å²) in [6.07, 6.45) is 1.02. The molecule has 0 aliphatic carbocycles. The molecule has 0 amide bonds. The maximum Gasteiger partial charge on any atom is 0.240 e. The van der Waals surface area contributed by atoms with Crippen LogP contribution in [-0.4, -0.2) is 19.9 Å². The third-order valence-electron chi connectivity index (χ3n) is 2.82. The van der Waals surface area contributed by atoms with Gasteiger partial charge in [-0.25, -0.2) is 18.1 Å². The number of aryl methyl sites for hydroxylation is 1. The van der Waals surface area contributed by atoms with E-state index >= 15 is 0 Å². The Balaban J connectivity index is 2.01. The Kier molecular flexibility index (Phi) is 5.33. The van der Waals surface area contributed by atoms with Crippen LogP contribution in [0.4, 0.5) is 5.69 Å². The lowest BCUT2D eigenvalue weighted by Crippen LogP contribution is -2.23. The molecule has 0 aliphatic heterocycles. The lowest BCUT2D eigenvalue weighted by molar-refractivity contribution is 0.581. The normalized spacial score (nSPS) is 11.5. The smallest absolute Gasteiger partial charge is 0.240 e. The van der Waals surface area contributed by atoms with Gasteiger partial charge in [0.2, 0.25) is 10.0 Å². The first-order valence-corrected chi connectivity index (χ1v) is 9.12. The standard InChI is InChI=1S/C14H19N3O2S2/c1-3-8-15-12-4-6-13(7-5-12)21(18,19)16-9-14-17-11(2)10-20-14/h4-7,10,15-16H,3,8-9H2,1-2H3. The first kappa shape index (κ1) is 15.9. The second-order valence-electron chi connectivity index (χ2n) is 4.66. The van der Waals surface area contributed by atoms with Gasteiger partial charge < -0.3 is 5.32 Å². The van der Waals surface area contributed by atoms with Crippen molar-refractivity contribution in [1.82, 2.24) is 9.71 Å². The summed E-state index contributed by atoms with van der Waals surface area (Å²) in [5, 5.41) is 5.87. The molecule has 0 atom stereocenters. The molecule has 0 fully saturated rings. The van der Waals surface area contributed by atoms with Crippen molar-refractivity contribution < 1.29 is 8.42 Å². The fraction of sp³-hybridized carbons (Fsp3) is 0.357. The zero-order valence-electron chi connectivity index (χ0n) is 12.1. The van der Waals surface area contributed by atoms with Gasteiger partial charge in [-0.05, 0) is 37.6 Å². The van der Waals surface area contributed by atoms with Crippen molar-refractivity contribution >= 4 is 27.0 Å². The van der Waals surface area contributed by atoms with Gasteiger partial charge in [0.15, 0.2) is 0 Å². The maximum absolute atomic E-state index is 12.2. The maximum atomic E-state index is 12.2. The SMILES string of the molecule is CCCNc1ccc(S(=O)(=O)NCc2nc(C)cs2)cc1. The Labute approximate surface area is 129 Å². The molecule has 1 aromatic carbocycles. The Morgan fingerprint density at radius 2 is 1.95 bits per heavy atom. The van der Waals surface area contributed by atoms with Gasteiger partial charge in [0.25, 0.3) is 0 Å². The Bertz CT molecular complexity index is 678. The molecular formula is C14H19N3O2S2. The number of rotatable bonds is 7. The number of aromatic nitrogens is 1. The van der Waals surface area contributed by atoms with E-state index in [1.165, 1.54) is 11.3 Å². The van der Waals surface area contributed by atoms with Crippen LogP contribution in [0.5, 0.6) is 0 Å². The molecule has 2 N–H and O–H groups in total. The van der Waals surface area contributed by atoms with Crippen molar-refractivity contribution in [3.63, 3.8) is 0 Å². The van der Waals surface area contributed by atoms with Crippen molar-refractivity contribution in [2.45, 2.75) is 31.7 Å². The fourth-order valence-electron chi connectivity index (χ4n) is 1.75. The number of benzene rings is 1. The van der Waals surface area contributed by atoms with E-state index in [1.54, 1.807) is 24.3 Å². The minimum absolute atomic E-state index is 0.219. The van der Waals surface area contributed by atoms with E-state index in [9.17, 15) is 8.42 Å². The minimum atomic E-state index is -3.50. The van der Waals surface area contributed by atoms with E-state index in [1.807, 2.05) is 12.3 Å². The Hall–Kier alpha value is -1.44. The van der Waals surface area contributed by atoms with E-state index in [0.717, 1.165) is 29.4 Å². The third-order valence-corrected chi connectivity index (χ3v) is 5.21. The molecule has 0 spiro atoms. The van der Waals surface area contributed by atoms with Crippen molar-refractivity contribution in [2.24, 2.45) is 0 Å². The largest absolute Gasteiger partial charge is 0.385 e. The number of sulfonamides is 1. The summed E-state index contributed by atoms with van der Waals surface area (Å²) >= 11 is 1.45. The van der Waals surface area contributed by atoms with Crippen molar-refractivity contribution in [1.29, 1.82) is 0 Å². The van der Waals surface area contributed by atoms with Gasteiger partial charge in [0, 0.05) is 23.3 Å². The van der Waals surface area contributed by atoms with Crippen LogP contribution in [0.1, 0.15) is 24.0 Å². The molecule has 0 radical (unpaired) electrons. The quantitative estimate of drug-likeness (QED) is 0.821. The summed E-state index contributed by atoms with van der Waals surface area (Å²) in [5.41, 5.74) is 1.83. The van der Waals surface area contributed by atoms with Gasteiger partial charge in [-0.15, -0.1) is 11.3 Å². The number of nitrogens with zero attached hydrogens (tertiary/aromatic N) is 1. The highest BCUT2D eigenvalue weighted by Gasteiger charge is 2.14. The zero-order valence-corrected chi connectivity index (χ0v) is 13.7. The molecule has 0 bridgehead atoms.